The van der Waals surface area contributed by atoms with Gasteiger partial charge >= 0.3 is 0 Å². The first-order valence-electron chi connectivity index (χ1n) is 6.12. The lowest BCUT2D eigenvalue weighted by molar-refractivity contribution is 0.208. The van der Waals surface area contributed by atoms with Gasteiger partial charge in [-0.3, -0.25) is 4.99 Å². The van der Waals surface area contributed by atoms with E-state index in [-0.39, 0.29) is 23.5 Å². The van der Waals surface area contributed by atoms with Crippen LogP contribution in [0, 0.1) is 11.6 Å². The van der Waals surface area contributed by atoms with Crippen molar-refractivity contribution in [2.45, 2.75) is 18.4 Å². The van der Waals surface area contributed by atoms with Crippen molar-refractivity contribution in [3.63, 3.8) is 0 Å². The molecule has 0 unspecified atom stereocenters. The van der Waals surface area contributed by atoms with Crippen LogP contribution in [0.15, 0.2) is 23.2 Å². The molecule has 0 aliphatic heterocycles. The number of rotatable bonds is 5. The Hall–Kier alpha value is -1.69. The van der Waals surface area contributed by atoms with E-state index in [1.54, 1.807) is 7.11 Å². The molecule has 0 radical (unpaired) electrons. The van der Waals surface area contributed by atoms with Gasteiger partial charge in [0.15, 0.2) is 5.96 Å². The van der Waals surface area contributed by atoms with E-state index in [4.69, 9.17) is 10.5 Å². The molecule has 1 saturated carbocycles. The van der Waals surface area contributed by atoms with Gasteiger partial charge in [-0.05, 0) is 18.6 Å². The van der Waals surface area contributed by atoms with Gasteiger partial charge in [-0.25, -0.2) is 8.78 Å². The summed E-state index contributed by atoms with van der Waals surface area (Å²) in [5, 5.41) is 2.95. The van der Waals surface area contributed by atoms with E-state index in [2.05, 4.69) is 10.3 Å². The molecule has 0 bridgehead atoms. The number of benzene rings is 1. The first kappa shape index (κ1) is 13.7. The third-order valence-corrected chi connectivity index (χ3v) is 3.07. The Labute approximate surface area is 110 Å². The van der Waals surface area contributed by atoms with Crippen LogP contribution in [0.3, 0.4) is 0 Å². The topological polar surface area (TPSA) is 59.6 Å². The number of hydrogen-bond donors (Lipinski definition) is 2. The SMILES string of the molecule is COCCN=C(N)N[C@@H]1C[C@H]1c1c(F)cccc1F. The fourth-order valence-corrected chi connectivity index (χ4v) is 2.03. The Bertz CT molecular complexity index is 459. The molecule has 6 heteroatoms. The van der Waals surface area contributed by atoms with E-state index in [0.29, 0.717) is 19.6 Å². The first-order chi connectivity index (χ1) is 9.13. The highest BCUT2D eigenvalue weighted by Gasteiger charge is 2.42. The quantitative estimate of drug-likeness (QED) is 0.482. The molecule has 1 aliphatic carbocycles. The second kappa shape index (κ2) is 5.97. The average molecular weight is 269 g/mol. The Balaban J connectivity index is 1.92. The van der Waals surface area contributed by atoms with Gasteiger partial charge in [0.05, 0.1) is 13.2 Å². The number of nitrogens with one attached hydrogen (secondary N) is 1. The normalized spacial score (nSPS) is 22.4. The van der Waals surface area contributed by atoms with Crippen LogP contribution in [0.2, 0.25) is 0 Å². The van der Waals surface area contributed by atoms with Crippen molar-refractivity contribution in [1.82, 2.24) is 5.32 Å². The van der Waals surface area contributed by atoms with Gasteiger partial charge in [0.25, 0.3) is 0 Å². The maximum atomic E-state index is 13.6. The van der Waals surface area contributed by atoms with Crippen LogP contribution < -0.4 is 11.1 Å². The molecule has 2 rings (SSSR count). The maximum Gasteiger partial charge on any atom is 0.188 e. The Morgan fingerprint density at radius 2 is 2.16 bits per heavy atom. The smallest absolute Gasteiger partial charge is 0.188 e. The standard InChI is InChI=1S/C13H17F2N3O/c1-19-6-5-17-13(16)18-11-7-8(11)12-9(14)3-2-4-10(12)15/h2-4,8,11H,5-7H2,1H3,(H3,16,17,18)/t8-,11-/m1/s1. The van der Waals surface area contributed by atoms with Gasteiger partial charge in [-0.1, -0.05) is 6.07 Å². The number of guanidine groups is 1. The van der Waals surface area contributed by atoms with E-state index < -0.39 is 11.6 Å². The van der Waals surface area contributed by atoms with Crippen LogP contribution in [-0.4, -0.2) is 32.3 Å². The highest BCUT2D eigenvalue weighted by Crippen LogP contribution is 2.42. The van der Waals surface area contributed by atoms with Crippen LogP contribution in [0.25, 0.3) is 0 Å². The maximum absolute atomic E-state index is 13.6. The molecule has 2 atom stereocenters. The van der Waals surface area contributed by atoms with Crippen molar-refractivity contribution in [1.29, 1.82) is 0 Å². The number of methoxy groups -OCH3 is 1. The van der Waals surface area contributed by atoms with Gasteiger partial charge in [0, 0.05) is 24.6 Å². The summed E-state index contributed by atoms with van der Waals surface area (Å²) < 4.78 is 32.0. The van der Waals surface area contributed by atoms with Crippen molar-refractivity contribution >= 4 is 5.96 Å². The monoisotopic (exact) mass is 269 g/mol. The number of ether oxygens (including phenoxy) is 1. The molecule has 0 saturated heterocycles. The predicted octanol–water partition coefficient (Wildman–Crippen LogP) is 1.37. The zero-order valence-electron chi connectivity index (χ0n) is 10.7. The summed E-state index contributed by atoms with van der Waals surface area (Å²) in [6.45, 7) is 0.944. The molecular formula is C13H17F2N3O. The van der Waals surface area contributed by atoms with Gasteiger partial charge in [0.2, 0.25) is 0 Å². The summed E-state index contributed by atoms with van der Waals surface area (Å²) in [4.78, 5) is 4.04. The van der Waals surface area contributed by atoms with Crippen molar-refractivity contribution in [2.75, 3.05) is 20.3 Å². The van der Waals surface area contributed by atoms with Crippen LogP contribution >= 0.6 is 0 Å². The molecular weight excluding hydrogens is 252 g/mol. The summed E-state index contributed by atoms with van der Waals surface area (Å²) >= 11 is 0. The molecule has 0 heterocycles. The van der Waals surface area contributed by atoms with Crippen LogP contribution in [0.4, 0.5) is 8.78 Å². The molecule has 3 N–H and O–H groups in total. The Kier molecular flexibility index (Phi) is 4.31. The minimum absolute atomic E-state index is 0.0577. The van der Waals surface area contributed by atoms with E-state index in [1.807, 2.05) is 0 Å². The average Bonchev–Trinajstić information content (AvgIpc) is 3.08. The summed E-state index contributed by atoms with van der Waals surface area (Å²) in [5.74, 6) is -0.924. The van der Waals surface area contributed by atoms with E-state index in [1.165, 1.54) is 18.2 Å². The lowest BCUT2D eigenvalue weighted by atomic mass is 10.1. The van der Waals surface area contributed by atoms with Crippen molar-refractivity contribution in [3.8, 4) is 0 Å². The molecule has 1 aromatic carbocycles. The Morgan fingerprint density at radius 3 is 2.79 bits per heavy atom. The number of nitrogens with two attached hydrogens (primary N) is 1. The van der Waals surface area contributed by atoms with Crippen molar-refractivity contribution < 1.29 is 13.5 Å². The van der Waals surface area contributed by atoms with Gasteiger partial charge in [0.1, 0.15) is 11.6 Å². The number of nitrogens with zero attached hydrogens (tertiary/aromatic N) is 1. The summed E-state index contributed by atoms with van der Waals surface area (Å²) in [5.41, 5.74) is 5.80. The molecule has 0 spiro atoms. The van der Waals surface area contributed by atoms with Gasteiger partial charge < -0.3 is 15.8 Å². The fourth-order valence-electron chi connectivity index (χ4n) is 2.03. The highest BCUT2D eigenvalue weighted by molar-refractivity contribution is 5.78. The fraction of sp³-hybridized carbons (Fsp3) is 0.462. The first-order valence-corrected chi connectivity index (χ1v) is 6.12. The van der Waals surface area contributed by atoms with Gasteiger partial charge in [-0.15, -0.1) is 0 Å². The number of hydrogen-bond acceptors (Lipinski definition) is 2. The minimum atomic E-state index is -0.510. The predicted molar refractivity (Wildman–Crippen MR) is 69.0 cm³/mol. The molecule has 0 amide bonds. The molecule has 4 nitrogen and oxygen atoms in total. The van der Waals surface area contributed by atoms with E-state index in [9.17, 15) is 8.78 Å². The van der Waals surface area contributed by atoms with Crippen LogP contribution in [-0.2, 0) is 4.74 Å². The van der Waals surface area contributed by atoms with E-state index in [0.717, 1.165) is 0 Å². The van der Waals surface area contributed by atoms with Gasteiger partial charge in [-0.2, -0.15) is 0 Å². The molecule has 0 aromatic heterocycles. The third-order valence-electron chi connectivity index (χ3n) is 3.07. The minimum Gasteiger partial charge on any atom is -0.383 e. The Morgan fingerprint density at radius 1 is 1.47 bits per heavy atom. The number of aliphatic imine (C=N–C) groups is 1. The zero-order valence-corrected chi connectivity index (χ0v) is 10.7. The summed E-state index contributed by atoms with van der Waals surface area (Å²) in [7, 11) is 1.58. The van der Waals surface area contributed by atoms with Crippen molar-refractivity contribution in [2.24, 2.45) is 10.7 Å². The zero-order chi connectivity index (χ0) is 13.8. The summed E-state index contributed by atoms with van der Waals surface area (Å²) in [6, 6.07) is 3.84. The molecule has 1 aromatic rings. The lowest BCUT2D eigenvalue weighted by Gasteiger charge is -2.06. The van der Waals surface area contributed by atoms with Crippen LogP contribution in [0.5, 0.6) is 0 Å². The largest absolute Gasteiger partial charge is 0.383 e. The molecule has 104 valence electrons. The van der Waals surface area contributed by atoms with E-state index >= 15 is 0 Å². The molecule has 1 aliphatic rings. The third kappa shape index (κ3) is 3.41. The second-order valence-corrected chi connectivity index (χ2v) is 4.49. The van der Waals surface area contributed by atoms with Crippen molar-refractivity contribution in [3.05, 3.63) is 35.4 Å². The highest BCUT2D eigenvalue weighted by atomic mass is 19.1. The second-order valence-electron chi connectivity index (χ2n) is 4.49. The number of halogens is 2. The van der Waals surface area contributed by atoms with Crippen LogP contribution in [0.1, 0.15) is 17.9 Å². The lowest BCUT2D eigenvalue weighted by Crippen LogP contribution is -2.34. The summed E-state index contributed by atoms with van der Waals surface area (Å²) in [6.07, 6.45) is 0.651. The molecule has 1 fully saturated rings. The molecule has 19 heavy (non-hydrogen) atoms.